The van der Waals surface area contributed by atoms with Gasteiger partial charge in [-0.25, -0.2) is 0 Å². The van der Waals surface area contributed by atoms with E-state index in [1.807, 2.05) is 0 Å². The lowest BCUT2D eigenvalue weighted by molar-refractivity contribution is -0.152. The van der Waals surface area contributed by atoms with Crippen LogP contribution in [0.3, 0.4) is 0 Å². The molecule has 0 aliphatic carbocycles. The van der Waals surface area contributed by atoms with Crippen LogP contribution in [0.1, 0.15) is 45.4 Å². The molecule has 27 heavy (non-hydrogen) atoms. The van der Waals surface area contributed by atoms with E-state index < -0.39 is 37.0 Å². The van der Waals surface area contributed by atoms with E-state index >= 15 is 0 Å². The molecular weight excluding hydrogens is 362 g/mol. The number of amides is 1. The molecule has 0 aliphatic rings. The summed E-state index contributed by atoms with van der Waals surface area (Å²) < 4.78 is 9.03. The van der Waals surface area contributed by atoms with Crippen LogP contribution in [-0.2, 0) is 23.9 Å². The van der Waals surface area contributed by atoms with Gasteiger partial charge in [-0.15, -0.1) is 0 Å². The Morgan fingerprint density at radius 1 is 0.889 bits per heavy atom. The van der Waals surface area contributed by atoms with Crippen LogP contribution < -0.4 is 5.32 Å². The first kappa shape index (κ1) is 25.2. The van der Waals surface area contributed by atoms with Gasteiger partial charge in [0, 0.05) is 26.3 Å². The molecule has 1 amide bonds. The van der Waals surface area contributed by atoms with Crippen LogP contribution in [0.2, 0.25) is 0 Å². The van der Waals surface area contributed by atoms with Gasteiger partial charge in [-0.3, -0.25) is 14.4 Å². The summed E-state index contributed by atoms with van der Waals surface area (Å²) in [5.41, 5.74) is 0. The zero-order valence-electron chi connectivity index (χ0n) is 15.8. The highest BCUT2D eigenvalue weighted by Gasteiger charge is 2.31. The standard InChI is InChI=1S/C17H31NO9/c1-11(19)27-10-13(21)17(25)16(24)12(20)9-18-14(22)7-5-3-4-6-8-15(23)26-2/h12-13,16-17,20-21,24-25H,3-10H2,1-2H3,(H,18,22). The summed E-state index contributed by atoms with van der Waals surface area (Å²) in [6.07, 6.45) is -3.14. The Balaban J connectivity index is 3.94. The Morgan fingerprint density at radius 3 is 2.00 bits per heavy atom. The molecule has 0 radical (unpaired) electrons. The van der Waals surface area contributed by atoms with Crippen molar-refractivity contribution in [1.82, 2.24) is 5.32 Å². The van der Waals surface area contributed by atoms with Crippen LogP contribution in [0.15, 0.2) is 0 Å². The van der Waals surface area contributed by atoms with E-state index in [0.717, 1.165) is 19.8 Å². The van der Waals surface area contributed by atoms with Crippen LogP contribution in [0.25, 0.3) is 0 Å². The molecule has 10 nitrogen and oxygen atoms in total. The fourth-order valence-electron chi connectivity index (χ4n) is 2.19. The van der Waals surface area contributed by atoms with E-state index in [0.29, 0.717) is 19.3 Å². The first-order valence-corrected chi connectivity index (χ1v) is 8.88. The van der Waals surface area contributed by atoms with Crippen molar-refractivity contribution in [1.29, 1.82) is 0 Å². The van der Waals surface area contributed by atoms with Crippen molar-refractivity contribution in [2.24, 2.45) is 0 Å². The Hall–Kier alpha value is -1.75. The lowest BCUT2D eigenvalue weighted by atomic mass is 10.0. The summed E-state index contributed by atoms with van der Waals surface area (Å²) in [5, 5.41) is 41.3. The highest BCUT2D eigenvalue weighted by molar-refractivity contribution is 5.75. The number of esters is 2. The number of aliphatic hydroxyl groups excluding tert-OH is 4. The largest absolute Gasteiger partial charge is 0.469 e. The molecule has 10 heteroatoms. The minimum atomic E-state index is -1.74. The van der Waals surface area contributed by atoms with E-state index in [1.54, 1.807) is 0 Å². The van der Waals surface area contributed by atoms with E-state index in [-0.39, 0.29) is 24.8 Å². The Labute approximate surface area is 158 Å². The third-order valence-corrected chi connectivity index (χ3v) is 3.87. The molecule has 4 unspecified atom stereocenters. The smallest absolute Gasteiger partial charge is 0.305 e. The summed E-state index contributed by atoms with van der Waals surface area (Å²) in [7, 11) is 1.33. The van der Waals surface area contributed by atoms with Crippen molar-refractivity contribution in [3.05, 3.63) is 0 Å². The molecule has 0 spiro atoms. The van der Waals surface area contributed by atoms with E-state index in [9.17, 15) is 34.8 Å². The molecule has 0 rings (SSSR count). The van der Waals surface area contributed by atoms with Crippen LogP contribution in [0.5, 0.6) is 0 Å². The molecular formula is C17H31NO9. The van der Waals surface area contributed by atoms with Crippen molar-refractivity contribution < 1.29 is 44.3 Å². The quantitative estimate of drug-likeness (QED) is 0.177. The fraction of sp³-hybridized carbons (Fsp3) is 0.824. The lowest BCUT2D eigenvalue weighted by Gasteiger charge is -2.26. The third kappa shape index (κ3) is 12.3. The van der Waals surface area contributed by atoms with Crippen molar-refractivity contribution >= 4 is 17.8 Å². The van der Waals surface area contributed by atoms with Crippen LogP contribution in [-0.4, -0.2) is 82.9 Å². The van der Waals surface area contributed by atoms with Crippen LogP contribution in [0, 0.1) is 0 Å². The average Bonchev–Trinajstić information content (AvgIpc) is 2.64. The molecule has 4 atom stereocenters. The van der Waals surface area contributed by atoms with Gasteiger partial charge in [-0.05, 0) is 12.8 Å². The number of ether oxygens (including phenoxy) is 2. The Bertz CT molecular complexity index is 458. The second-order valence-electron chi connectivity index (χ2n) is 6.21. The molecule has 0 saturated heterocycles. The SMILES string of the molecule is COC(=O)CCCCCCC(=O)NCC(O)C(O)C(O)C(O)COC(C)=O. The monoisotopic (exact) mass is 393 g/mol. The normalized spacial score (nSPS) is 15.3. The van der Waals surface area contributed by atoms with Gasteiger partial charge in [0.25, 0.3) is 0 Å². The Morgan fingerprint density at radius 2 is 1.44 bits per heavy atom. The minimum Gasteiger partial charge on any atom is -0.469 e. The number of nitrogens with one attached hydrogen (secondary N) is 1. The van der Waals surface area contributed by atoms with Crippen molar-refractivity contribution in [2.45, 2.75) is 69.9 Å². The van der Waals surface area contributed by atoms with Crippen molar-refractivity contribution in [3.8, 4) is 0 Å². The molecule has 0 heterocycles. The number of rotatable bonds is 14. The summed E-state index contributed by atoms with van der Waals surface area (Å²) in [4.78, 5) is 33.3. The molecule has 0 fully saturated rings. The number of unbranched alkanes of at least 4 members (excludes halogenated alkanes) is 3. The molecule has 0 aromatic carbocycles. The molecule has 0 aliphatic heterocycles. The Kier molecular flexibility index (Phi) is 13.4. The second-order valence-corrected chi connectivity index (χ2v) is 6.21. The highest BCUT2D eigenvalue weighted by atomic mass is 16.5. The zero-order chi connectivity index (χ0) is 20.8. The molecule has 0 aromatic heterocycles. The second kappa shape index (κ2) is 14.3. The number of hydrogen-bond donors (Lipinski definition) is 5. The topological polar surface area (TPSA) is 163 Å². The van der Waals surface area contributed by atoms with Crippen molar-refractivity contribution in [2.75, 3.05) is 20.3 Å². The summed E-state index contributed by atoms with van der Waals surface area (Å²) in [5.74, 6) is -1.25. The predicted octanol–water partition coefficient (Wildman–Crippen LogP) is -1.38. The summed E-state index contributed by atoms with van der Waals surface area (Å²) in [6, 6.07) is 0. The molecule has 0 saturated carbocycles. The van der Waals surface area contributed by atoms with Crippen LogP contribution in [0.4, 0.5) is 0 Å². The molecule has 0 aromatic rings. The van der Waals surface area contributed by atoms with Gasteiger partial charge in [0.2, 0.25) is 5.91 Å². The molecule has 0 bridgehead atoms. The van der Waals surface area contributed by atoms with E-state index in [1.165, 1.54) is 7.11 Å². The average molecular weight is 393 g/mol. The number of aliphatic hydroxyl groups is 4. The first-order valence-electron chi connectivity index (χ1n) is 8.88. The van der Waals surface area contributed by atoms with Gasteiger partial charge in [0.05, 0.1) is 13.2 Å². The summed E-state index contributed by atoms with van der Waals surface area (Å²) >= 11 is 0. The maximum Gasteiger partial charge on any atom is 0.305 e. The summed E-state index contributed by atoms with van der Waals surface area (Å²) in [6.45, 7) is 0.293. The van der Waals surface area contributed by atoms with E-state index in [2.05, 4.69) is 14.8 Å². The van der Waals surface area contributed by atoms with Gasteiger partial charge in [-0.2, -0.15) is 0 Å². The number of hydrogen-bond acceptors (Lipinski definition) is 9. The maximum atomic E-state index is 11.7. The lowest BCUT2D eigenvalue weighted by Crippen LogP contribution is -2.50. The first-order chi connectivity index (χ1) is 12.7. The maximum absolute atomic E-state index is 11.7. The third-order valence-electron chi connectivity index (χ3n) is 3.87. The van der Waals surface area contributed by atoms with Crippen LogP contribution >= 0.6 is 0 Å². The highest BCUT2D eigenvalue weighted by Crippen LogP contribution is 2.07. The van der Waals surface area contributed by atoms with Gasteiger partial charge in [0.15, 0.2) is 0 Å². The number of carbonyl (C=O) groups is 3. The van der Waals surface area contributed by atoms with Crippen molar-refractivity contribution in [3.63, 3.8) is 0 Å². The number of carbonyl (C=O) groups excluding carboxylic acids is 3. The molecule has 5 N–H and O–H groups in total. The predicted molar refractivity (Wildman–Crippen MR) is 93.4 cm³/mol. The van der Waals surface area contributed by atoms with Gasteiger partial charge >= 0.3 is 11.9 Å². The fourth-order valence-corrected chi connectivity index (χ4v) is 2.19. The van der Waals surface area contributed by atoms with Gasteiger partial charge < -0.3 is 35.2 Å². The zero-order valence-corrected chi connectivity index (χ0v) is 15.8. The minimum absolute atomic E-state index is 0.221. The van der Waals surface area contributed by atoms with Gasteiger partial charge in [-0.1, -0.05) is 12.8 Å². The van der Waals surface area contributed by atoms with E-state index in [4.69, 9.17) is 0 Å². The number of methoxy groups -OCH3 is 1. The van der Waals surface area contributed by atoms with Gasteiger partial charge in [0.1, 0.15) is 24.9 Å². The molecule has 158 valence electrons.